The molecule has 2 aromatic heterocycles. The number of carbonyl (C=O) groups excluding carboxylic acids is 3. The Morgan fingerprint density at radius 2 is 2.00 bits per heavy atom. The largest absolute Gasteiger partial charge is 0.349 e. The lowest BCUT2D eigenvalue weighted by atomic mass is 9.93. The third-order valence-corrected chi connectivity index (χ3v) is 5.20. The zero-order valence-electron chi connectivity index (χ0n) is 17.0. The maximum absolute atomic E-state index is 12.7. The second kappa shape index (κ2) is 10.3. The predicted molar refractivity (Wildman–Crippen MR) is 120 cm³/mol. The minimum atomic E-state index is -0.386. The first-order valence-corrected chi connectivity index (χ1v) is 10.5. The number of likely N-dealkylation sites (tertiary alicyclic amines) is 1. The van der Waals surface area contributed by atoms with Gasteiger partial charge in [0.25, 0.3) is 5.91 Å². The Kier molecular flexibility index (Phi) is 7.48. The summed E-state index contributed by atoms with van der Waals surface area (Å²) in [5, 5.41) is 8.36. The van der Waals surface area contributed by atoms with Crippen molar-refractivity contribution in [2.45, 2.75) is 12.5 Å². The van der Waals surface area contributed by atoms with E-state index in [4.69, 9.17) is 0 Å². The van der Waals surface area contributed by atoms with Crippen LogP contribution in [0.3, 0.4) is 0 Å². The normalized spacial score (nSPS) is 18.6. The van der Waals surface area contributed by atoms with Crippen LogP contribution in [0.15, 0.2) is 53.8 Å². The molecule has 31 heavy (non-hydrogen) atoms. The highest BCUT2D eigenvalue weighted by molar-refractivity contribution is 9.10. The van der Waals surface area contributed by atoms with Crippen LogP contribution in [0.1, 0.15) is 16.9 Å². The fourth-order valence-corrected chi connectivity index (χ4v) is 3.72. The van der Waals surface area contributed by atoms with E-state index in [9.17, 15) is 14.4 Å². The molecule has 0 aliphatic carbocycles. The third-order valence-electron chi connectivity index (χ3n) is 4.76. The van der Waals surface area contributed by atoms with E-state index in [0.717, 1.165) is 0 Å². The summed E-state index contributed by atoms with van der Waals surface area (Å²) in [6.45, 7) is 4.72. The summed E-state index contributed by atoms with van der Waals surface area (Å²) < 4.78 is 0.561. The molecule has 0 saturated carbocycles. The van der Waals surface area contributed by atoms with Gasteiger partial charge < -0.3 is 20.9 Å². The molecule has 3 rings (SSSR count). The Morgan fingerprint density at radius 3 is 2.68 bits per heavy atom. The van der Waals surface area contributed by atoms with E-state index in [1.165, 1.54) is 12.3 Å². The van der Waals surface area contributed by atoms with Gasteiger partial charge in [-0.3, -0.25) is 14.4 Å². The van der Waals surface area contributed by atoms with Gasteiger partial charge in [-0.1, -0.05) is 12.6 Å². The van der Waals surface area contributed by atoms with Gasteiger partial charge in [0.05, 0.1) is 17.8 Å². The van der Waals surface area contributed by atoms with E-state index >= 15 is 0 Å². The van der Waals surface area contributed by atoms with Crippen LogP contribution in [0.4, 0.5) is 11.5 Å². The van der Waals surface area contributed by atoms with E-state index in [2.05, 4.69) is 48.4 Å². The summed E-state index contributed by atoms with van der Waals surface area (Å²) in [7, 11) is 1.91. The molecule has 1 saturated heterocycles. The molecule has 162 valence electrons. The summed E-state index contributed by atoms with van der Waals surface area (Å²) in [5.74, 6) is -0.727. The number of anilines is 2. The van der Waals surface area contributed by atoms with E-state index in [1.54, 1.807) is 30.3 Å². The predicted octanol–water partition coefficient (Wildman–Crippen LogP) is 2.05. The zero-order valence-corrected chi connectivity index (χ0v) is 18.6. The van der Waals surface area contributed by atoms with Crippen LogP contribution in [-0.2, 0) is 9.59 Å². The Balaban J connectivity index is 1.57. The molecule has 2 aromatic rings. The quantitative estimate of drug-likeness (QED) is 0.425. The molecule has 3 heterocycles. The number of likely N-dealkylation sites (N-methyl/N-ethyl adjacent to an activating group) is 1. The number of piperidine rings is 1. The molecule has 0 aromatic carbocycles. The number of pyridine rings is 2. The molecule has 1 aliphatic rings. The number of rotatable bonds is 6. The average molecular weight is 487 g/mol. The van der Waals surface area contributed by atoms with Crippen LogP contribution in [0.5, 0.6) is 0 Å². The van der Waals surface area contributed by atoms with Gasteiger partial charge in [0.2, 0.25) is 11.8 Å². The van der Waals surface area contributed by atoms with Crippen molar-refractivity contribution in [1.82, 2.24) is 20.2 Å². The molecule has 3 amide bonds. The van der Waals surface area contributed by atoms with E-state index < -0.39 is 0 Å². The van der Waals surface area contributed by atoms with Gasteiger partial charge in [-0.2, -0.15) is 0 Å². The molecule has 1 aliphatic heterocycles. The lowest BCUT2D eigenvalue weighted by Crippen LogP contribution is -2.51. The maximum atomic E-state index is 12.7. The standard InChI is InChI=1S/C21H23BrN6O3/c1-3-19(29)24-15-9-13(11-28(2)12-15)20(30)25-14-7-8-18(23-10-14)27-21(31)16-5-4-6-17(22)26-16/h3-8,10,13,15H,1,9,11-12H2,2H3,(H,24,29)(H,25,30)(H,23,27,31)/t13-,15+/m1/s1. The van der Waals surface area contributed by atoms with Crippen LogP contribution < -0.4 is 16.0 Å². The number of hydrogen-bond acceptors (Lipinski definition) is 6. The van der Waals surface area contributed by atoms with E-state index in [0.29, 0.717) is 35.6 Å². The number of halogens is 1. The molecule has 3 N–H and O–H groups in total. The molecular weight excluding hydrogens is 464 g/mol. The van der Waals surface area contributed by atoms with E-state index in [-0.39, 0.29) is 35.4 Å². The molecular formula is C21H23BrN6O3. The molecule has 1 fully saturated rings. The summed E-state index contributed by atoms with van der Waals surface area (Å²) >= 11 is 3.23. The van der Waals surface area contributed by atoms with Crippen LogP contribution in [0, 0.1) is 5.92 Å². The van der Waals surface area contributed by atoms with Crippen LogP contribution >= 0.6 is 15.9 Å². The van der Waals surface area contributed by atoms with Crippen molar-refractivity contribution in [1.29, 1.82) is 0 Å². The highest BCUT2D eigenvalue weighted by atomic mass is 79.9. The first-order valence-electron chi connectivity index (χ1n) is 9.66. The van der Waals surface area contributed by atoms with Crippen molar-refractivity contribution < 1.29 is 14.4 Å². The summed E-state index contributed by atoms with van der Waals surface area (Å²) in [6.07, 6.45) is 3.24. The van der Waals surface area contributed by atoms with Crippen LogP contribution in [0.2, 0.25) is 0 Å². The second-order valence-electron chi connectivity index (χ2n) is 7.28. The fraction of sp³-hybridized carbons (Fsp3) is 0.286. The fourth-order valence-electron chi connectivity index (χ4n) is 3.38. The first kappa shape index (κ1) is 22.6. The second-order valence-corrected chi connectivity index (χ2v) is 8.10. The van der Waals surface area contributed by atoms with Crippen molar-refractivity contribution in [3.8, 4) is 0 Å². The van der Waals surface area contributed by atoms with Gasteiger partial charge in [-0.25, -0.2) is 9.97 Å². The van der Waals surface area contributed by atoms with Gasteiger partial charge in [-0.15, -0.1) is 0 Å². The minimum absolute atomic E-state index is 0.123. The number of carbonyl (C=O) groups is 3. The molecule has 0 unspecified atom stereocenters. The Hall–Kier alpha value is -3.11. The number of amides is 3. The van der Waals surface area contributed by atoms with Crippen molar-refractivity contribution >= 4 is 45.2 Å². The number of hydrogen-bond donors (Lipinski definition) is 3. The van der Waals surface area contributed by atoms with Crippen LogP contribution in [-0.4, -0.2) is 58.8 Å². The first-order chi connectivity index (χ1) is 14.8. The smallest absolute Gasteiger partial charge is 0.275 e. The van der Waals surface area contributed by atoms with Crippen molar-refractivity contribution in [2.75, 3.05) is 30.8 Å². The molecule has 2 atom stereocenters. The lowest BCUT2D eigenvalue weighted by molar-refractivity contribution is -0.123. The Bertz CT molecular complexity index is 981. The van der Waals surface area contributed by atoms with Crippen molar-refractivity contribution in [3.05, 3.63) is 59.5 Å². The molecule has 0 radical (unpaired) electrons. The highest BCUT2D eigenvalue weighted by Gasteiger charge is 2.30. The van der Waals surface area contributed by atoms with Crippen LogP contribution in [0.25, 0.3) is 0 Å². The summed E-state index contributed by atoms with van der Waals surface area (Å²) in [6, 6.07) is 8.19. The van der Waals surface area contributed by atoms with Gasteiger partial charge in [0, 0.05) is 19.1 Å². The average Bonchev–Trinajstić information content (AvgIpc) is 2.74. The number of aromatic nitrogens is 2. The molecule has 10 heteroatoms. The number of nitrogens with one attached hydrogen (secondary N) is 3. The molecule has 0 bridgehead atoms. The summed E-state index contributed by atoms with van der Waals surface area (Å²) in [5.41, 5.74) is 0.775. The molecule has 9 nitrogen and oxygen atoms in total. The van der Waals surface area contributed by atoms with E-state index in [1.807, 2.05) is 11.9 Å². The van der Waals surface area contributed by atoms with Gasteiger partial charge in [-0.05, 0) is 59.7 Å². The van der Waals surface area contributed by atoms with Gasteiger partial charge in [0.1, 0.15) is 16.1 Å². The monoisotopic (exact) mass is 486 g/mol. The zero-order chi connectivity index (χ0) is 22.4. The topological polar surface area (TPSA) is 116 Å². The Labute approximate surface area is 188 Å². The third kappa shape index (κ3) is 6.43. The molecule has 0 spiro atoms. The minimum Gasteiger partial charge on any atom is -0.349 e. The van der Waals surface area contributed by atoms with Crippen molar-refractivity contribution in [3.63, 3.8) is 0 Å². The van der Waals surface area contributed by atoms with Gasteiger partial charge in [0.15, 0.2) is 0 Å². The lowest BCUT2D eigenvalue weighted by Gasteiger charge is -2.35. The Morgan fingerprint density at radius 1 is 1.19 bits per heavy atom. The van der Waals surface area contributed by atoms with Crippen molar-refractivity contribution in [2.24, 2.45) is 5.92 Å². The van der Waals surface area contributed by atoms with Gasteiger partial charge >= 0.3 is 0 Å². The summed E-state index contributed by atoms with van der Waals surface area (Å²) in [4.78, 5) is 46.8. The number of nitrogens with zero attached hydrogens (tertiary/aromatic N) is 3. The SMILES string of the molecule is C=CC(=O)N[C@H]1C[C@@H](C(=O)Nc2ccc(NC(=O)c3cccc(Br)n3)nc2)CN(C)C1. The highest BCUT2D eigenvalue weighted by Crippen LogP contribution is 2.19. The maximum Gasteiger partial charge on any atom is 0.275 e.